The Labute approximate surface area is 91.5 Å². The van der Waals surface area contributed by atoms with Gasteiger partial charge in [0.2, 0.25) is 0 Å². The van der Waals surface area contributed by atoms with Gasteiger partial charge in [0.1, 0.15) is 0 Å². The summed E-state index contributed by atoms with van der Waals surface area (Å²) in [6, 6.07) is 0. The lowest BCUT2D eigenvalue weighted by molar-refractivity contribution is -0.144. The van der Waals surface area contributed by atoms with Crippen LogP contribution in [-0.4, -0.2) is 50.3 Å². The molecule has 4 nitrogen and oxygen atoms in total. The molecular formula is C11H21NO3. The Morgan fingerprint density at radius 2 is 2.33 bits per heavy atom. The molecule has 0 aliphatic carbocycles. The molecule has 0 aromatic heterocycles. The lowest BCUT2D eigenvalue weighted by Crippen LogP contribution is -2.36. The third-order valence-corrected chi connectivity index (χ3v) is 2.49. The summed E-state index contributed by atoms with van der Waals surface area (Å²) in [5, 5.41) is 0. The van der Waals surface area contributed by atoms with Gasteiger partial charge >= 0.3 is 5.97 Å². The second kappa shape index (κ2) is 6.80. The molecule has 0 radical (unpaired) electrons. The SMILES string of the molecule is CCOC(=O)CN(C)CC1CCCCO1. The van der Waals surface area contributed by atoms with Crippen molar-refractivity contribution >= 4 is 5.97 Å². The lowest BCUT2D eigenvalue weighted by Gasteiger charge is -2.26. The van der Waals surface area contributed by atoms with Crippen molar-refractivity contribution in [2.75, 3.05) is 33.4 Å². The zero-order valence-corrected chi connectivity index (χ0v) is 9.70. The van der Waals surface area contributed by atoms with Crippen LogP contribution in [-0.2, 0) is 14.3 Å². The van der Waals surface area contributed by atoms with Gasteiger partial charge < -0.3 is 9.47 Å². The van der Waals surface area contributed by atoms with E-state index in [9.17, 15) is 4.79 Å². The molecule has 1 heterocycles. The van der Waals surface area contributed by atoms with Crippen LogP contribution in [0.5, 0.6) is 0 Å². The minimum atomic E-state index is -0.157. The van der Waals surface area contributed by atoms with Crippen LogP contribution in [0.25, 0.3) is 0 Å². The van der Waals surface area contributed by atoms with Gasteiger partial charge in [0.15, 0.2) is 0 Å². The minimum absolute atomic E-state index is 0.157. The van der Waals surface area contributed by atoms with Crippen LogP contribution in [0.2, 0.25) is 0 Å². The van der Waals surface area contributed by atoms with Crippen molar-refractivity contribution in [1.82, 2.24) is 4.90 Å². The molecule has 1 unspecified atom stereocenters. The second-order valence-electron chi connectivity index (χ2n) is 3.99. The number of hydrogen-bond acceptors (Lipinski definition) is 4. The molecule has 4 heteroatoms. The summed E-state index contributed by atoms with van der Waals surface area (Å²) >= 11 is 0. The monoisotopic (exact) mass is 215 g/mol. The summed E-state index contributed by atoms with van der Waals surface area (Å²) in [6.45, 7) is 4.30. The van der Waals surface area contributed by atoms with Crippen molar-refractivity contribution in [2.45, 2.75) is 32.3 Å². The zero-order valence-electron chi connectivity index (χ0n) is 9.70. The van der Waals surface area contributed by atoms with Crippen LogP contribution in [0.3, 0.4) is 0 Å². The van der Waals surface area contributed by atoms with Gasteiger partial charge in [0.25, 0.3) is 0 Å². The van der Waals surface area contributed by atoms with Crippen LogP contribution in [0.15, 0.2) is 0 Å². The van der Waals surface area contributed by atoms with Crippen molar-refractivity contribution < 1.29 is 14.3 Å². The van der Waals surface area contributed by atoms with Gasteiger partial charge in [-0.1, -0.05) is 0 Å². The number of rotatable bonds is 5. The van der Waals surface area contributed by atoms with E-state index >= 15 is 0 Å². The highest BCUT2D eigenvalue weighted by molar-refractivity contribution is 5.71. The van der Waals surface area contributed by atoms with Gasteiger partial charge in [-0.25, -0.2) is 0 Å². The fraction of sp³-hybridized carbons (Fsp3) is 0.909. The largest absolute Gasteiger partial charge is 0.465 e. The maximum atomic E-state index is 11.2. The van der Waals surface area contributed by atoms with Gasteiger partial charge in [0, 0.05) is 13.2 Å². The van der Waals surface area contributed by atoms with Gasteiger partial charge in [-0.3, -0.25) is 9.69 Å². The summed E-state index contributed by atoms with van der Waals surface area (Å²) in [4.78, 5) is 13.2. The summed E-state index contributed by atoms with van der Waals surface area (Å²) < 4.78 is 10.5. The van der Waals surface area contributed by atoms with Crippen molar-refractivity contribution in [3.8, 4) is 0 Å². The molecule has 0 aromatic rings. The van der Waals surface area contributed by atoms with E-state index in [0.717, 1.165) is 26.0 Å². The smallest absolute Gasteiger partial charge is 0.320 e. The van der Waals surface area contributed by atoms with E-state index in [2.05, 4.69) is 0 Å². The Hall–Kier alpha value is -0.610. The van der Waals surface area contributed by atoms with E-state index in [0.29, 0.717) is 13.2 Å². The van der Waals surface area contributed by atoms with Crippen molar-refractivity contribution in [2.24, 2.45) is 0 Å². The molecule has 0 aromatic carbocycles. The average Bonchev–Trinajstić information content (AvgIpc) is 2.19. The highest BCUT2D eigenvalue weighted by atomic mass is 16.5. The Morgan fingerprint density at radius 1 is 1.53 bits per heavy atom. The van der Waals surface area contributed by atoms with Crippen LogP contribution < -0.4 is 0 Å². The van der Waals surface area contributed by atoms with E-state index in [4.69, 9.17) is 9.47 Å². The molecule has 0 bridgehead atoms. The molecule has 15 heavy (non-hydrogen) atoms. The zero-order chi connectivity index (χ0) is 11.1. The first kappa shape index (κ1) is 12.5. The Bertz CT molecular complexity index is 190. The maximum Gasteiger partial charge on any atom is 0.320 e. The molecule has 0 N–H and O–H groups in total. The van der Waals surface area contributed by atoms with Gasteiger partial charge in [-0.05, 0) is 33.2 Å². The molecule has 1 aliphatic rings. The van der Waals surface area contributed by atoms with Gasteiger partial charge in [0.05, 0.1) is 19.3 Å². The fourth-order valence-electron chi connectivity index (χ4n) is 1.79. The van der Waals surface area contributed by atoms with Crippen LogP contribution >= 0.6 is 0 Å². The van der Waals surface area contributed by atoms with Crippen LogP contribution in [0, 0.1) is 0 Å². The number of nitrogens with zero attached hydrogens (tertiary/aromatic N) is 1. The van der Waals surface area contributed by atoms with E-state index in [1.54, 1.807) is 0 Å². The van der Waals surface area contributed by atoms with Gasteiger partial charge in [-0.15, -0.1) is 0 Å². The molecule has 1 fully saturated rings. The molecule has 1 rings (SSSR count). The molecule has 0 amide bonds. The second-order valence-corrected chi connectivity index (χ2v) is 3.99. The van der Waals surface area contributed by atoms with E-state index in [1.807, 2.05) is 18.9 Å². The number of ether oxygens (including phenoxy) is 2. The predicted octanol–water partition coefficient (Wildman–Crippen LogP) is 1.05. The van der Waals surface area contributed by atoms with E-state index in [-0.39, 0.29) is 12.1 Å². The average molecular weight is 215 g/mol. The number of likely N-dealkylation sites (N-methyl/N-ethyl adjacent to an activating group) is 1. The summed E-state index contributed by atoms with van der Waals surface area (Å²) in [6.07, 6.45) is 3.79. The number of carbonyl (C=O) groups is 1. The van der Waals surface area contributed by atoms with E-state index in [1.165, 1.54) is 6.42 Å². The number of hydrogen-bond donors (Lipinski definition) is 0. The van der Waals surface area contributed by atoms with Gasteiger partial charge in [-0.2, -0.15) is 0 Å². The standard InChI is InChI=1S/C11H21NO3/c1-3-14-11(13)9-12(2)8-10-6-4-5-7-15-10/h10H,3-9H2,1-2H3. The Balaban J connectivity index is 2.16. The minimum Gasteiger partial charge on any atom is -0.465 e. The van der Waals surface area contributed by atoms with Crippen LogP contribution in [0.4, 0.5) is 0 Å². The highest BCUT2D eigenvalue weighted by Gasteiger charge is 2.17. The number of esters is 1. The van der Waals surface area contributed by atoms with Crippen molar-refractivity contribution in [3.63, 3.8) is 0 Å². The summed E-state index contributed by atoms with van der Waals surface area (Å²) in [5.74, 6) is -0.157. The summed E-state index contributed by atoms with van der Waals surface area (Å²) in [5.41, 5.74) is 0. The third-order valence-electron chi connectivity index (χ3n) is 2.49. The number of carbonyl (C=O) groups excluding carboxylic acids is 1. The maximum absolute atomic E-state index is 11.2. The van der Waals surface area contributed by atoms with E-state index < -0.39 is 0 Å². The molecule has 0 saturated carbocycles. The summed E-state index contributed by atoms with van der Waals surface area (Å²) in [7, 11) is 1.93. The normalized spacial score (nSPS) is 21.7. The predicted molar refractivity (Wildman–Crippen MR) is 57.7 cm³/mol. The van der Waals surface area contributed by atoms with Crippen molar-refractivity contribution in [3.05, 3.63) is 0 Å². The van der Waals surface area contributed by atoms with Crippen molar-refractivity contribution in [1.29, 1.82) is 0 Å². The fourth-order valence-corrected chi connectivity index (χ4v) is 1.79. The Kier molecular flexibility index (Phi) is 5.65. The molecule has 1 atom stereocenters. The lowest BCUT2D eigenvalue weighted by atomic mass is 10.1. The molecule has 0 spiro atoms. The third kappa shape index (κ3) is 5.14. The highest BCUT2D eigenvalue weighted by Crippen LogP contribution is 2.13. The first-order chi connectivity index (χ1) is 7.22. The molecule has 88 valence electrons. The Morgan fingerprint density at radius 3 is 2.93 bits per heavy atom. The molecule has 1 aliphatic heterocycles. The molecular weight excluding hydrogens is 194 g/mol. The first-order valence-corrected chi connectivity index (χ1v) is 5.68. The quantitative estimate of drug-likeness (QED) is 0.643. The molecule has 1 saturated heterocycles. The topological polar surface area (TPSA) is 38.8 Å². The first-order valence-electron chi connectivity index (χ1n) is 5.68. The van der Waals surface area contributed by atoms with Crippen LogP contribution in [0.1, 0.15) is 26.2 Å².